The summed E-state index contributed by atoms with van der Waals surface area (Å²) in [5, 5.41) is 0.275. The molecule has 0 amide bonds. The van der Waals surface area contributed by atoms with Crippen LogP contribution in [0.4, 0.5) is 5.69 Å². The number of anilines is 1. The van der Waals surface area contributed by atoms with Crippen LogP contribution in [0, 0.1) is 0 Å². The maximum Gasteiger partial charge on any atom is 0.243 e. The minimum Gasteiger partial charge on any atom is -0.398 e. The molecular formula is C10H13ClN2O2S2. The minimum atomic E-state index is -3.42. The summed E-state index contributed by atoms with van der Waals surface area (Å²) in [5.74, 6) is 1.67. The molecule has 0 spiro atoms. The van der Waals surface area contributed by atoms with Crippen molar-refractivity contribution in [2.75, 3.05) is 30.3 Å². The fourth-order valence-electron chi connectivity index (χ4n) is 1.60. The monoisotopic (exact) mass is 292 g/mol. The summed E-state index contributed by atoms with van der Waals surface area (Å²) in [6.07, 6.45) is 0. The molecule has 0 aromatic heterocycles. The van der Waals surface area contributed by atoms with Crippen molar-refractivity contribution in [3.8, 4) is 0 Å². The molecule has 1 aromatic carbocycles. The van der Waals surface area contributed by atoms with Gasteiger partial charge < -0.3 is 5.73 Å². The number of thioether (sulfide) groups is 1. The molecule has 1 heterocycles. The Balaban J connectivity index is 2.33. The van der Waals surface area contributed by atoms with Crippen LogP contribution in [0.3, 0.4) is 0 Å². The molecule has 1 saturated heterocycles. The minimum absolute atomic E-state index is 0.212. The van der Waals surface area contributed by atoms with Gasteiger partial charge in [0.05, 0.1) is 15.6 Å². The van der Waals surface area contributed by atoms with Gasteiger partial charge in [-0.25, -0.2) is 8.42 Å². The molecule has 1 aliphatic rings. The lowest BCUT2D eigenvalue weighted by molar-refractivity contribution is 0.443. The lowest BCUT2D eigenvalue weighted by Crippen LogP contribution is -2.37. The average Bonchev–Trinajstić information content (AvgIpc) is 2.33. The van der Waals surface area contributed by atoms with E-state index < -0.39 is 10.0 Å². The third-order valence-corrected chi connectivity index (χ3v) is 5.74. The van der Waals surface area contributed by atoms with E-state index in [-0.39, 0.29) is 9.92 Å². The van der Waals surface area contributed by atoms with Gasteiger partial charge in [-0.1, -0.05) is 11.6 Å². The molecule has 94 valence electrons. The summed E-state index contributed by atoms with van der Waals surface area (Å²) >= 11 is 7.61. The summed E-state index contributed by atoms with van der Waals surface area (Å²) < 4.78 is 26.0. The molecule has 4 nitrogen and oxygen atoms in total. The number of rotatable bonds is 2. The number of nitrogen functional groups attached to an aromatic ring is 1. The van der Waals surface area contributed by atoms with Crippen LogP contribution >= 0.6 is 23.4 Å². The van der Waals surface area contributed by atoms with E-state index in [1.165, 1.54) is 22.5 Å². The Morgan fingerprint density at radius 3 is 2.53 bits per heavy atom. The van der Waals surface area contributed by atoms with Gasteiger partial charge >= 0.3 is 0 Å². The Hall–Kier alpha value is -0.430. The first-order valence-corrected chi connectivity index (χ1v) is 8.12. The standard InChI is InChI=1S/C10H13ClN2O2S2/c11-9-7-8(1-2-10(9)12)17(14,15)13-3-5-16-6-4-13/h1-2,7H,3-6,12H2. The average molecular weight is 293 g/mol. The molecule has 0 radical (unpaired) electrons. The zero-order chi connectivity index (χ0) is 12.5. The number of benzene rings is 1. The predicted octanol–water partition coefficient (Wildman–Crippen LogP) is 1.66. The number of halogens is 1. The van der Waals surface area contributed by atoms with E-state index in [1.54, 1.807) is 11.8 Å². The molecule has 2 rings (SSSR count). The third-order valence-electron chi connectivity index (χ3n) is 2.58. The van der Waals surface area contributed by atoms with Gasteiger partial charge in [-0.15, -0.1) is 0 Å². The van der Waals surface area contributed by atoms with Crippen molar-refractivity contribution in [1.29, 1.82) is 0 Å². The fourth-order valence-corrected chi connectivity index (χ4v) is 4.45. The van der Waals surface area contributed by atoms with Crippen molar-refractivity contribution in [1.82, 2.24) is 4.31 Å². The molecule has 7 heteroatoms. The van der Waals surface area contributed by atoms with Crippen molar-refractivity contribution in [2.45, 2.75) is 4.90 Å². The summed E-state index contributed by atoms with van der Waals surface area (Å²) in [6.45, 7) is 1.10. The predicted molar refractivity (Wildman–Crippen MR) is 71.9 cm³/mol. The summed E-state index contributed by atoms with van der Waals surface area (Å²) in [4.78, 5) is 0.212. The van der Waals surface area contributed by atoms with E-state index in [9.17, 15) is 8.42 Å². The van der Waals surface area contributed by atoms with Gasteiger partial charge in [-0.2, -0.15) is 16.1 Å². The fraction of sp³-hybridized carbons (Fsp3) is 0.400. The van der Waals surface area contributed by atoms with E-state index >= 15 is 0 Å². The highest BCUT2D eigenvalue weighted by molar-refractivity contribution is 7.99. The van der Waals surface area contributed by atoms with Gasteiger partial charge in [0, 0.05) is 24.6 Å². The van der Waals surface area contributed by atoms with Crippen molar-refractivity contribution in [3.63, 3.8) is 0 Å². The van der Waals surface area contributed by atoms with Crippen LogP contribution in [0.15, 0.2) is 23.1 Å². The lowest BCUT2D eigenvalue weighted by Gasteiger charge is -2.25. The highest BCUT2D eigenvalue weighted by Crippen LogP contribution is 2.25. The zero-order valence-corrected chi connectivity index (χ0v) is 11.5. The molecule has 0 aliphatic carbocycles. The first-order chi connectivity index (χ1) is 8.01. The van der Waals surface area contributed by atoms with Crippen LogP contribution in [0.1, 0.15) is 0 Å². The number of hydrogen-bond donors (Lipinski definition) is 1. The Labute approximate surface area is 110 Å². The number of hydrogen-bond acceptors (Lipinski definition) is 4. The van der Waals surface area contributed by atoms with E-state index in [4.69, 9.17) is 17.3 Å². The van der Waals surface area contributed by atoms with Gasteiger partial charge in [0.25, 0.3) is 0 Å². The Bertz CT molecular complexity index is 513. The molecule has 0 atom stereocenters. The van der Waals surface area contributed by atoms with Crippen LogP contribution in [0.2, 0.25) is 5.02 Å². The van der Waals surface area contributed by atoms with Crippen LogP contribution in [0.25, 0.3) is 0 Å². The van der Waals surface area contributed by atoms with Gasteiger partial charge in [0.2, 0.25) is 10.0 Å². The van der Waals surface area contributed by atoms with Crippen molar-refractivity contribution >= 4 is 39.1 Å². The molecule has 1 aliphatic heterocycles. The largest absolute Gasteiger partial charge is 0.398 e. The SMILES string of the molecule is Nc1ccc(S(=O)(=O)N2CCSCC2)cc1Cl. The highest BCUT2D eigenvalue weighted by atomic mass is 35.5. The van der Waals surface area contributed by atoms with Gasteiger partial charge in [0.1, 0.15) is 0 Å². The quantitative estimate of drug-likeness (QED) is 0.842. The molecule has 0 saturated carbocycles. The molecular weight excluding hydrogens is 280 g/mol. The molecule has 1 aromatic rings. The van der Waals surface area contributed by atoms with E-state index in [1.807, 2.05) is 0 Å². The highest BCUT2D eigenvalue weighted by Gasteiger charge is 2.26. The summed E-state index contributed by atoms with van der Waals surface area (Å²) in [7, 11) is -3.42. The van der Waals surface area contributed by atoms with E-state index in [0.29, 0.717) is 18.8 Å². The Morgan fingerprint density at radius 1 is 1.29 bits per heavy atom. The molecule has 0 unspecified atom stereocenters. The molecule has 2 N–H and O–H groups in total. The topological polar surface area (TPSA) is 63.4 Å². The van der Waals surface area contributed by atoms with Crippen LogP contribution < -0.4 is 5.73 Å². The second kappa shape index (κ2) is 5.06. The first-order valence-electron chi connectivity index (χ1n) is 5.15. The maximum absolute atomic E-state index is 12.3. The normalized spacial score (nSPS) is 18.2. The zero-order valence-electron chi connectivity index (χ0n) is 9.10. The van der Waals surface area contributed by atoms with Crippen molar-refractivity contribution in [3.05, 3.63) is 23.2 Å². The molecule has 1 fully saturated rings. The van der Waals surface area contributed by atoms with Gasteiger partial charge in [-0.3, -0.25) is 0 Å². The first kappa shape index (κ1) is 13.0. The van der Waals surface area contributed by atoms with Gasteiger partial charge in [-0.05, 0) is 18.2 Å². The van der Waals surface area contributed by atoms with Crippen molar-refractivity contribution in [2.24, 2.45) is 0 Å². The Morgan fingerprint density at radius 2 is 1.94 bits per heavy atom. The van der Waals surface area contributed by atoms with Crippen molar-refractivity contribution < 1.29 is 8.42 Å². The van der Waals surface area contributed by atoms with E-state index in [0.717, 1.165) is 11.5 Å². The number of sulfonamides is 1. The van der Waals surface area contributed by atoms with Crippen LogP contribution in [0.5, 0.6) is 0 Å². The summed E-state index contributed by atoms with van der Waals surface area (Å²) in [5.41, 5.74) is 5.96. The molecule has 17 heavy (non-hydrogen) atoms. The van der Waals surface area contributed by atoms with E-state index in [2.05, 4.69) is 0 Å². The third kappa shape index (κ3) is 2.70. The van der Waals surface area contributed by atoms with Gasteiger partial charge in [0.15, 0.2) is 0 Å². The smallest absolute Gasteiger partial charge is 0.243 e. The molecule has 0 bridgehead atoms. The lowest BCUT2D eigenvalue weighted by atomic mass is 10.3. The number of nitrogens with two attached hydrogens (primary N) is 1. The Kier molecular flexibility index (Phi) is 3.87. The van der Waals surface area contributed by atoms with Crippen LogP contribution in [-0.2, 0) is 10.0 Å². The van der Waals surface area contributed by atoms with Crippen LogP contribution in [-0.4, -0.2) is 37.3 Å². The second-order valence-corrected chi connectivity index (χ2v) is 7.27. The second-order valence-electron chi connectivity index (χ2n) is 3.70. The maximum atomic E-state index is 12.3. The summed E-state index contributed by atoms with van der Waals surface area (Å²) in [6, 6.07) is 4.43. The number of nitrogens with zero attached hydrogens (tertiary/aromatic N) is 1.